The molecule has 1 N–H and O–H groups in total. The summed E-state index contributed by atoms with van der Waals surface area (Å²) in [5.74, 6) is -0.000417. The molecule has 1 heterocycles. The number of ether oxygens (including phenoxy) is 1. The SMILES string of the molecule is O=C(CBr)N1CCOCC(O)C1. The molecular weight excluding hydrogens is 226 g/mol. The van der Waals surface area contributed by atoms with E-state index in [4.69, 9.17) is 4.74 Å². The molecule has 1 amide bonds. The van der Waals surface area contributed by atoms with Gasteiger partial charge in [-0.1, -0.05) is 15.9 Å². The van der Waals surface area contributed by atoms with Gasteiger partial charge in [0.05, 0.1) is 24.6 Å². The quantitative estimate of drug-likeness (QED) is 0.632. The van der Waals surface area contributed by atoms with Crippen LogP contribution in [0.15, 0.2) is 0 Å². The Balaban J connectivity index is 2.46. The molecule has 0 aromatic rings. The Bertz CT molecular complexity index is 165. The van der Waals surface area contributed by atoms with Crippen LogP contribution in [0.3, 0.4) is 0 Å². The molecule has 1 unspecified atom stereocenters. The van der Waals surface area contributed by atoms with Crippen LogP contribution in [0.2, 0.25) is 0 Å². The number of alkyl halides is 1. The van der Waals surface area contributed by atoms with Gasteiger partial charge in [0.25, 0.3) is 0 Å². The average Bonchev–Trinajstić information content (AvgIpc) is 2.28. The highest BCUT2D eigenvalue weighted by atomic mass is 79.9. The van der Waals surface area contributed by atoms with Gasteiger partial charge in [0.1, 0.15) is 0 Å². The molecule has 1 aliphatic rings. The zero-order valence-corrected chi connectivity index (χ0v) is 8.29. The second kappa shape index (κ2) is 4.79. The number of halogens is 1. The molecule has 0 bridgehead atoms. The van der Waals surface area contributed by atoms with E-state index in [9.17, 15) is 9.90 Å². The van der Waals surface area contributed by atoms with Crippen molar-refractivity contribution in [1.82, 2.24) is 4.90 Å². The van der Waals surface area contributed by atoms with E-state index in [0.29, 0.717) is 31.6 Å². The Morgan fingerprint density at radius 2 is 2.50 bits per heavy atom. The molecule has 0 spiro atoms. The highest BCUT2D eigenvalue weighted by molar-refractivity contribution is 9.09. The lowest BCUT2D eigenvalue weighted by molar-refractivity contribution is -0.129. The van der Waals surface area contributed by atoms with Crippen molar-refractivity contribution in [3.63, 3.8) is 0 Å². The zero-order valence-electron chi connectivity index (χ0n) is 6.70. The fraction of sp³-hybridized carbons (Fsp3) is 0.857. The minimum absolute atomic E-state index is 0.000417. The van der Waals surface area contributed by atoms with Crippen molar-refractivity contribution in [2.24, 2.45) is 0 Å². The lowest BCUT2D eigenvalue weighted by Gasteiger charge is -2.19. The Morgan fingerprint density at radius 3 is 3.17 bits per heavy atom. The molecular formula is C7H12BrNO3. The van der Waals surface area contributed by atoms with Gasteiger partial charge >= 0.3 is 0 Å². The van der Waals surface area contributed by atoms with Crippen molar-refractivity contribution < 1.29 is 14.6 Å². The third-order valence-corrected chi connectivity index (χ3v) is 2.19. The summed E-state index contributed by atoms with van der Waals surface area (Å²) < 4.78 is 5.07. The largest absolute Gasteiger partial charge is 0.389 e. The lowest BCUT2D eigenvalue weighted by Crippen LogP contribution is -2.38. The molecule has 1 rings (SSSR count). The maximum atomic E-state index is 11.2. The molecule has 4 nitrogen and oxygen atoms in total. The Kier molecular flexibility index (Phi) is 3.97. The fourth-order valence-corrected chi connectivity index (χ4v) is 1.46. The summed E-state index contributed by atoms with van der Waals surface area (Å²) in [7, 11) is 0. The van der Waals surface area contributed by atoms with Crippen LogP contribution in [-0.2, 0) is 9.53 Å². The first-order valence-electron chi connectivity index (χ1n) is 3.83. The van der Waals surface area contributed by atoms with E-state index in [1.807, 2.05) is 0 Å². The van der Waals surface area contributed by atoms with Crippen LogP contribution in [-0.4, -0.2) is 53.7 Å². The number of hydrogen-bond acceptors (Lipinski definition) is 3. The first kappa shape index (κ1) is 9.95. The van der Waals surface area contributed by atoms with Crippen LogP contribution < -0.4 is 0 Å². The molecule has 1 aliphatic heterocycles. The number of nitrogens with zero attached hydrogens (tertiary/aromatic N) is 1. The normalized spacial score (nSPS) is 25.2. The minimum Gasteiger partial charge on any atom is -0.389 e. The summed E-state index contributed by atoms with van der Waals surface area (Å²) in [6.07, 6.45) is -0.546. The molecule has 12 heavy (non-hydrogen) atoms. The number of aliphatic hydroxyl groups is 1. The molecule has 70 valence electrons. The fourth-order valence-electron chi connectivity index (χ4n) is 1.10. The van der Waals surface area contributed by atoms with Crippen molar-refractivity contribution in [3.05, 3.63) is 0 Å². The van der Waals surface area contributed by atoms with Gasteiger partial charge in [0, 0.05) is 13.1 Å². The minimum atomic E-state index is -0.546. The van der Waals surface area contributed by atoms with Crippen molar-refractivity contribution in [1.29, 1.82) is 0 Å². The van der Waals surface area contributed by atoms with Gasteiger partial charge in [-0.15, -0.1) is 0 Å². The van der Waals surface area contributed by atoms with Crippen molar-refractivity contribution in [2.75, 3.05) is 31.6 Å². The van der Waals surface area contributed by atoms with E-state index in [2.05, 4.69) is 15.9 Å². The van der Waals surface area contributed by atoms with Crippen LogP contribution in [0.4, 0.5) is 0 Å². The molecule has 0 aliphatic carbocycles. The molecule has 0 saturated carbocycles. The Hall–Kier alpha value is -0.130. The van der Waals surface area contributed by atoms with Crippen LogP contribution in [0.1, 0.15) is 0 Å². The van der Waals surface area contributed by atoms with Gasteiger partial charge in [0.15, 0.2) is 0 Å². The van der Waals surface area contributed by atoms with Crippen LogP contribution >= 0.6 is 15.9 Å². The smallest absolute Gasteiger partial charge is 0.233 e. The maximum Gasteiger partial charge on any atom is 0.233 e. The predicted octanol–water partition coefficient (Wildman–Crippen LogP) is -0.399. The number of carbonyl (C=O) groups excluding carboxylic acids is 1. The van der Waals surface area contributed by atoms with E-state index < -0.39 is 6.10 Å². The highest BCUT2D eigenvalue weighted by Gasteiger charge is 2.19. The topological polar surface area (TPSA) is 49.8 Å². The molecule has 0 aromatic heterocycles. The number of aliphatic hydroxyl groups excluding tert-OH is 1. The van der Waals surface area contributed by atoms with E-state index in [-0.39, 0.29) is 5.91 Å². The van der Waals surface area contributed by atoms with Crippen LogP contribution in [0.5, 0.6) is 0 Å². The third kappa shape index (κ3) is 2.73. The lowest BCUT2D eigenvalue weighted by atomic mass is 10.3. The van der Waals surface area contributed by atoms with Gasteiger partial charge in [-0.25, -0.2) is 0 Å². The number of β-amino-alcohol motifs (C(OH)–C–C–N with tert-alkyl or cyclic N) is 1. The monoisotopic (exact) mass is 237 g/mol. The first-order chi connectivity index (χ1) is 5.74. The molecule has 5 heteroatoms. The van der Waals surface area contributed by atoms with E-state index >= 15 is 0 Å². The number of carbonyl (C=O) groups is 1. The zero-order chi connectivity index (χ0) is 8.97. The van der Waals surface area contributed by atoms with Gasteiger partial charge in [-0.3, -0.25) is 4.79 Å². The Morgan fingerprint density at radius 1 is 1.75 bits per heavy atom. The maximum absolute atomic E-state index is 11.2. The van der Waals surface area contributed by atoms with Crippen molar-refractivity contribution >= 4 is 21.8 Å². The summed E-state index contributed by atoms with van der Waals surface area (Å²) in [6.45, 7) is 1.79. The molecule has 0 aromatic carbocycles. The van der Waals surface area contributed by atoms with E-state index in [0.717, 1.165) is 0 Å². The molecule has 1 atom stereocenters. The molecule has 1 saturated heterocycles. The number of rotatable bonds is 1. The summed E-state index contributed by atoms with van der Waals surface area (Å²) in [5, 5.41) is 9.58. The first-order valence-corrected chi connectivity index (χ1v) is 4.95. The highest BCUT2D eigenvalue weighted by Crippen LogP contribution is 2.01. The van der Waals surface area contributed by atoms with Crippen molar-refractivity contribution in [2.45, 2.75) is 6.10 Å². The second-order valence-electron chi connectivity index (χ2n) is 2.70. The Labute approximate surface area is 79.6 Å². The van der Waals surface area contributed by atoms with E-state index in [1.54, 1.807) is 4.90 Å². The van der Waals surface area contributed by atoms with Gasteiger partial charge < -0.3 is 14.7 Å². The summed E-state index contributed by atoms with van der Waals surface area (Å²) >= 11 is 3.08. The average molecular weight is 238 g/mol. The molecule has 0 radical (unpaired) electrons. The standard InChI is InChI=1S/C7H12BrNO3/c8-3-7(11)9-1-2-12-5-6(10)4-9/h6,10H,1-5H2. The third-order valence-electron chi connectivity index (χ3n) is 1.71. The van der Waals surface area contributed by atoms with Crippen LogP contribution in [0, 0.1) is 0 Å². The van der Waals surface area contributed by atoms with Crippen LogP contribution in [0.25, 0.3) is 0 Å². The van der Waals surface area contributed by atoms with Gasteiger partial charge in [-0.2, -0.15) is 0 Å². The summed E-state index contributed by atoms with van der Waals surface area (Å²) in [4.78, 5) is 12.8. The van der Waals surface area contributed by atoms with Crippen molar-refractivity contribution in [3.8, 4) is 0 Å². The predicted molar refractivity (Wildman–Crippen MR) is 47.2 cm³/mol. The summed E-state index contributed by atoms with van der Waals surface area (Å²) in [5.41, 5.74) is 0. The number of hydrogen-bond donors (Lipinski definition) is 1. The van der Waals surface area contributed by atoms with E-state index in [1.165, 1.54) is 0 Å². The summed E-state index contributed by atoms with van der Waals surface area (Å²) in [6, 6.07) is 0. The molecule has 1 fully saturated rings. The van der Waals surface area contributed by atoms with Gasteiger partial charge in [0.2, 0.25) is 5.91 Å². The number of amides is 1. The van der Waals surface area contributed by atoms with Gasteiger partial charge in [-0.05, 0) is 0 Å². The second-order valence-corrected chi connectivity index (χ2v) is 3.26.